The first kappa shape index (κ1) is 17.1. The molecule has 3 aromatic rings. The van der Waals surface area contributed by atoms with Crippen molar-refractivity contribution in [1.82, 2.24) is 0 Å². The molecule has 0 aromatic heterocycles. The molecule has 126 valence electrons. The maximum atomic E-state index is 12.3. The number of para-hydroxylation sites is 1. The monoisotopic (exact) mass is 350 g/mol. The van der Waals surface area contributed by atoms with Crippen molar-refractivity contribution in [3.63, 3.8) is 0 Å². The van der Waals surface area contributed by atoms with Gasteiger partial charge in [-0.25, -0.2) is 0 Å². The van der Waals surface area contributed by atoms with Crippen molar-refractivity contribution in [3.8, 4) is 0 Å². The zero-order valence-electron chi connectivity index (χ0n) is 13.7. The topological polar surface area (TPSA) is 41.1 Å². The molecule has 1 amide bonds. The van der Waals surface area contributed by atoms with E-state index in [1.54, 1.807) is 12.1 Å². The summed E-state index contributed by atoms with van der Waals surface area (Å²) in [5.41, 5.74) is 3.95. The summed E-state index contributed by atoms with van der Waals surface area (Å²) in [7, 11) is 0. The van der Waals surface area contributed by atoms with E-state index in [2.05, 4.69) is 22.8 Å². The number of nitrogens with one attached hydrogen (secondary N) is 2. The summed E-state index contributed by atoms with van der Waals surface area (Å²) in [5, 5.41) is 6.70. The Morgan fingerprint density at radius 1 is 0.880 bits per heavy atom. The fourth-order valence-electron chi connectivity index (χ4n) is 2.59. The standard InChI is InChI=1S/C21H19ClN2O/c22-18-10-6-11-19(14-18)23-15-21(25)24-20-12-5-4-9-17(20)13-16-7-2-1-3-8-16/h1-12,14,23H,13,15H2,(H,24,25). The van der Waals surface area contributed by atoms with Gasteiger partial charge < -0.3 is 10.6 Å². The molecule has 0 unspecified atom stereocenters. The van der Waals surface area contributed by atoms with Gasteiger partial charge in [0.2, 0.25) is 5.91 Å². The molecule has 3 rings (SSSR count). The predicted molar refractivity (Wildman–Crippen MR) is 104 cm³/mol. The van der Waals surface area contributed by atoms with E-state index in [1.807, 2.05) is 54.6 Å². The number of benzene rings is 3. The van der Waals surface area contributed by atoms with Gasteiger partial charge in [-0.3, -0.25) is 4.79 Å². The van der Waals surface area contributed by atoms with Crippen LogP contribution in [0, 0.1) is 0 Å². The Kier molecular flexibility index (Phi) is 5.70. The molecule has 0 saturated carbocycles. The van der Waals surface area contributed by atoms with Gasteiger partial charge in [-0.15, -0.1) is 0 Å². The zero-order chi connectivity index (χ0) is 17.5. The molecule has 3 nitrogen and oxygen atoms in total. The largest absolute Gasteiger partial charge is 0.376 e. The van der Waals surface area contributed by atoms with Crippen molar-refractivity contribution in [2.24, 2.45) is 0 Å². The summed E-state index contributed by atoms with van der Waals surface area (Å²) in [5.74, 6) is -0.0968. The van der Waals surface area contributed by atoms with Crippen LogP contribution in [0.3, 0.4) is 0 Å². The van der Waals surface area contributed by atoms with Gasteiger partial charge in [-0.1, -0.05) is 66.2 Å². The van der Waals surface area contributed by atoms with E-state index in [0.29, 0.717) is 5.02 Å². The normalized spacial score (nSPS) is 10.3. The van der Waals surface area contributed by atoms with Crippen LogP contribution in [0.5, 0.6) is 0 Å². The maximum absolute atomic E-state index is 12.3. The van der Waals surface area contributed by atoms with Crippen molar-refractivity contribution in [2.75, 3.05) is 17.2 Å². The number of anilines is 2. The SMILES string of the molecule is O=C(CNc1cccc(Cl)c1)Nc1ccccc1Cc1ccccc1. The molecule has 0 fully saturated rings. The number of rotatable bonds is 6. The average molecular weight is 351 g/mol. The van der Waals surface area contributed by atoms with Crippen LogP contribution in [-0.4, -0.2) is 12.5 Å². The smallest absolute Gasteiger partial charge is 0.243 e. The highest BCUT2D eigenvalue weighted by atomic mass is 35.5. The molecule has 0 aliphatic rings. The van der Waals surface area contributed by atoms with Crippen LogP contribution in [0.25, 0.3) is 0 Å². The number of hydrogen-bond donors (Lipinski definition) is 2. The third-order valence-electron chi connectivity index (χ3n) is 3.81. The first-order valence-electron chi connectivity index (χ1n) is 8.12. The quantitative estimate of drug-likeness (QED) is 0.658. The Morgan fingerprint density at radius 2 is 1.64 bits per heavy atom. The number of hydrogen-bond acceptors (Lipinski definition) is 2. The van der Waals surface area contributed by atoms with Gasteiger partial charge in [0.25, 0.3) is 0 Å². The molecule has 0 aliphatic heterocycles. The second-order valence-corrected chi connectivity index (χ2v) is 6.17. The first-order valence-corrected chi connectivity index (χ1v) is 8.49. The molecule has 0 spiro atoms. The van der Waals surface area contributed by atoms with Crippen molar-refractivity contribution in [2.45, 2.75) is 6.42 Å². The third-order valence-corrected chi connectivity index (χ3v) is 4.04. The molecular weight excluding hydrogens is 332 g/mol. The van der Waals surface area contributed by atoms with Crippen molar-refractivity contribution >= 4 is 28.9 Å². The Bertz CT molecular complexity index is 849. The van der Waals surface area contributed by atoms with E-state index in [-0.39, 0.29) is 12.5 Å². The van der Waals surface area contributed by atoms with Crippen molar-refractivity contribution in [3.05, 3.63) is 95.0 Å². The second-order valence-electron chi connectivity index (χ2n) is 5.73. The lowest BCUT2D eigenvalue weighted by Gasteiger charge is -2.12. The van der Waals surface area contributed by atoms with Crippen LogP contribution in [0.15, 0.2) is 78.9 Å². The maximum Gasteiger partial charge on any atom is 0.243 e. The summed E-state index contributed by atoms with van der Waals surface area (Å²) >= 11 is 5.95. The Balaban J connectivity index is 1.63. The summed E-state index contributed by atoms with van der Waals surface area (Å²) in [6.45, 7) is 0.181. The van der Waals surface area contributed by atoms with E-state index in [9.17, 15) is 4.79 Å². The van der Waals surface area contributed by atoms with E-state index >= 15 is 0 Å². The molecule has 0 atom stereocenters. The summed E-state index contributed by atoms with van der Waals surface area (Å²) in [6, 6.07) is 25.4. The number of amides is 1. The van der Waals surface area contributed by atoms with Gasteiger partial charge in [0.05, 0.1) is 6.54 Å². The number of carbonyl (C=O) groups excluding carboxylic acids is 1. The number of carbonyl (C=O) groups is 1. The molecule has 3 aromatic carbocycles. The highest BCUT2D eigenvalue weighted by Gasteiger charge is 2.07. The molecule has 2 N–H and O–H groups in total. The molecule has 0 bridgehead atoms. The van der Waals surface area contributed by atoms with Gasteiger partial charge >= 0.3 is 0 Å². The summed E-state index contributed by atoms with van der Waals surface area (Å²) in [6.07, 6.45) is 0.777. The van der Waals surface area contributed by atoms with Crippen LogP contribution in [0.2, 0.25) is 5.02 Å². The second kappa shape index (κ2) is 8.36. The molecule has 0 heterocycles. The van der Waals surface area contributed by atoms with Crippen LogP contribution < -0.4 is 10.6 Å². The van der Waals surface area contributed by atoms with Crippen molar-refractivity contribution in [1.29, 1.82) is 0 Å². The Hall–Kier alpha value is -2.78. The van der Waals surface area contributed by atoms with E-state index in [1.165, 1.54) is 5.56 Å². The third kappa shape index (κ3) is 5.10. The van der Waals surface area contributed by atoms with Gasteiger partial charge in [0, 0.05) is 16.4 Å². The van der Waals surface area contributed by atoms with E-state index < -0.39 is 0 Å². The van der Waals surface area contributed by atoms with E-state index in [0.717, 1.165) is 23.4 Å². The van der Waals surface area contributed by atoms with Crippen LogP contribution >= 0.6 is 11.6 Å². The Morgan fingerprint density at radius 3 is 2.44 bits per heavy atom. The molecule has 0 aliphatic carbocycles. The van der Waals surface area contributed by atoms with E-state index in [4.69, 9.17) is 11.6 Å². The highest BCUT2D eigenvalue weighted by molar-refractivity contribution is 6.30. The fraction of sp³-hybridized carbons (Fsp3) is 0.0952. The minimum Gasteiger partial charge on any atom is -0.376 e. The molecule has 4 heteroatoms. The molecule has 0 saturated heterocycles. The first-order chi connectivity index (χ1) is 12.2. The lowest BCUT2D eigenvalue weighted by molar-refractivity contribution is -0.114. The van der Waals surface area contributed by atoms with Gasteiger partial charge in [-0.05, 0) is 41.8 Å². The van der Waals surface area contributed by atoms with Crippen LogP contribution in [-0.2, 0) is 11.2 Å². The molecule has 25 heavy (non-hydrogen) atoms. The predicted octanol–water partition coefficient (Wildman–Crippen LogP) is 4.98. The van der Waals surface area contributed by atoms with Crippen LogP contribution in [0.1, 0.15) is 11.1 Å². The summed E-state index contributed by atoms with van der Waals surface area (Å²) < 4.78 is 0. The van der Waals surface area contributed by atoms with Gasteiger partial charge in [-0.2, -0.15) is 0 Å². The average Bonchev–Trinajstić information content (AvgIpc) is 2.63. The molecular formula is C21H19ClN2O. The lowest BCUT2D eigenvalue weighted by atomic mass is 10.0. The lowest BCUT2D eigenvalue weighted by Crippen LogP contribution is -2.22. The molecule has 0 radical (unpaired) electrons. The highest BCUT2D eigenvalue weighted by Crippen LogP contribution is 2.19. The number of halogens is 1. The van der Waals surface area contributed by atoms with Gasteiger partial charge in [0.1, 0.15) is 0 Å². The summed E-state index contributed by atoms with van der Waals surface area (Å²) in [4.78, 5) is 12.3. The minimum absolute atomic E-state index is 0.0968. The van der Waals surface area contributed by atoms with Gasteiger partial charge in [0.15, 0.2) is 0 Å². The van der Waals surface area contributed by atoms with Crippen LogP contribution in [0.4, 0.5) is 11.4 Å². The zero-order valence-corrected chi connectivity index (χ0v) is 14.5. The fourth-order valence-corrected chi connectivity index (χ4v) is 2.78. The van der Waals surface area contributed by atoms with Crippen molar-refractivity contribution < 1.29 is 4.79 Å². The minimum atomic E-state index is -0.0968. The Labute approximate surface area is 152 Å².